The minimum absolute atomic E-state index is 0.118. The lowest BCUT2D eigenvalue weighted by Gasteiger charge is -2.33. The molecule has 1 aromatic carbocycles. The highest BCUT2D eigenvalue weighted by atomic mass is 32.2. The van der Waals surface area contributed by atoms with Crippen LogP contribution in [0.25, 0.3) is 21.7 Å². The Morgan fingerprint density at radius 2 is 2.08 bits per heavy atom. The maximum Gasteiger partial charge on any atom is 0.253 e. The first-order chi connectivity index (χ1) is 17.2. The van der Waals surface area contributed by atoms with Crippen LogP contribution >= 0.6 is 11.3 Å². The van der Waals surface area contributed by atoms with Crippen LogP contribution in [0.1, 0.15) is 28.8 Å². The van der Waals surface area contributed by atoms with Gasteiger partial charge < -0.3 is 15.4 Å². The van der Waals surface area contributed by atoms with Gasteiger partial charge in [-0.2, -0.15) is 0 Å². The van der Waals surface area contributed by atoms with Gasteiger partial charge in [0.05, 0.1) is 29.6 Å². The number of anilines is 1. The Morgan fingerprint density at radius 1 is 1.31 bits per heavy atom. The Bertz CT molecular complexity index is 1430. The summed E-state index contributed by atoms with van der Waals surface area (Å²) in [6.45, 7) is 0.705. The van der Waals surface area contributed by atoms with Crippen LogP contribution in [-0.2, 0) is 25.1 Å². The van der Waals surface area contributed by atoms with E-state index in [9.17, 15) is 18.0 Å². The molecule has 3 heterocycles. The van der Waals surface area contributed by atoms with E-state index >= 15 is 0 Å². The molecule has 0 bridgehead atoms. The van der Waals surface area contributed by atoms with Gasteiger partial charge in [0.1, 0.15) is 0 Å². The van der Waals surface area contributed by atoms with Crippen LogP contribution in [0.3, 0.4) is 0 Å². The van der Waals surface area contributed by atoms with Gasteiger partial charge in [-0.1, -0.05) is 23.3 Å². The van der Waals surface area contributed by atoms with Gasteiger partial charge in [-0.25, -0.2) is 13.4 Å². The molecule has 0 radical (unpaired) electrons. The van der Waals surface area contributed by atoms with Gasteiger partial charge >= 0.3 is 0 Å². The summed E-state index contributed by atoms with van der Waals surface area (Å²) in [5.41, 5.74) is 10.9. The summed E-state index contributed by atoms with van der Waals surface area (Å²) in [6.07, 6.45) is 4.63. The summed E-state index contributed by atoms with van der Waals surface area (Å²) < 4.78 is 29.4. The monoisotopic (exact) mass is 529 g/mol. The fraction of sp³-hybridized carbons (Fsp3) is 0.318. The summed E-state index contributed by atoms with van der Waals surface area (Å²) in [6, 6.07) is 8.96. The molecule has 0 unspecified atom stereocenters. The van der Waals surface area contributed by atoms with Crippen LogP contribution in [0.15, 0.2) is 53.2 Å². The predicted molar refractivity (Wildman–Crippen MR) is 134 cm³/mol. The van der Waals surface area contributed by atoms with E-state index in [1.165, 1.54) is 29.8 Å². The number of carbonyl (C=O) groups is 2. The number of amides is 2. The highest BCUT2D eigenvalue weighted by Gasteiger charge is 2.33. The molecule has 0 spiro atoms. The quantitative estimate of drug-likeness (QED) is 0.258. The average molecular weight is 530 g/mol. The number of nitrogens with one attached hydrogen (secondary N) is 2. The fourth-order valence-corrected chi connectivity index (χ4v) is 5.14. The van der Waals surface area contributed by atoms with Crippen LogP contribution in [-0.4, -0.2) is 55.2 Å². The fourth-order valence-electron chi connectivity index (χ4n) is 3.82. The second-order valence-corrected chi connectivity index (χ2v) is 10.9. The van der Waals surface area contributed by atoms with Gasteiger partial charge in [-0.15, -0.1) is 11.3 Å². The highest BCUT2D eigenvalue weighted by Crippen LogP contribution is 2.38. The normalized spacial score (nSPS) is 15.0. The molecule has 0 atom stereocenters. The lowest BCUT2D eigenvalue weighted by atomic mass is 9.83. The van der Waals surface area contributed by atoms with E-state index in [-0.39, 0.29) is 12.1 Å². The van der Waals surface area contributed by atoms with Crippen LogP contribution in [0.2, 0.25) is 0 Å². The van der Waals surface area contributed by atoms with Crippen molar-refractivity contribution < 1.29 is 22.7 Å². The van der Waals surface area contributed by atoms with E-state index in [1.54, 1.807) is 5.38 Å². The Kier molecular flexibility index (Phi) is 7.40. The third kappa shape index (κ3) is 5.74. The number of hydrogen-bond donors (Lipinski definition) is 2. The highest BCUT2D eigenvalue weighted by molar-refractivity contribution is 7.89. The summed E-state index contributed by atoms with van der Waals surface area (Å²) in [5, 5.41) is 11.3. The smallest absolute Gasteiger partial charge is 0.253 e. The molecule has 4 rings (SSSR count). The number of carbonyl (C=O) groups excluding carboxylic acids is 2. The molecule has 2 amide bonds. The summed E-state index contributed by atoms with van der Waals surface area (Å²) in [4.78, 5) is 32.1. The van der Waals surface area contributed by atoms with Crippen LogP contribution in [0, 0.1) is 0 Å². The van der Waals surface area contributed by atoms with Crippen LogP contribution in [0.4, 0.5) is 5.13 Å². The second-order valence-electron chi connectivity index (χ2n) is 8.18. The average Bonchev–Trinajstić information content (AvgIpc) is 3.54. The number of hydrogen-bond acceptors (Lipinski definition) is 8. The van der Waals surface area contributed by atoms with Gasteiger partial charge in [0, 0.05) is 41.5 Å². The molecule has 0 aliphatic carbocycles. The van der Waals surface area contributed by atoms with Gasteiger partial charge in [-0.05, 0) is 36.1 Å². The van der Waals surface area contributed by atoms with Crippen molar-refractivity contribution in [3.05, 3.63) is 69.7 Å². The first-order valence-electron chi connectivity index (χ1n) is 10.9. The third-order valence-corrected chi connectivity index (χ3v) is 7.48. The van der Waals surface area contributed by atoms with E-state index in [2.05, 4.69) is 25.6 Å². The number of ether oxygens (including phenoxy) is 1. The zero-order valence-corrected chi connectivity index (χ0v) is 20.9. The topological polar surface area (TPSA) is 168 Å². The molecule has 3 aromatic rings. The molecule has 1 aliphatic rings. The second kappa shape index (κ2) is 10.5. The van der Waals surface area contributed by atoms with Crippen molar-refractivity contribution in [2.24, 2.45) is 5.11 Å². The Balaban J connectivity index is 1.39. The molecular weight excluding hydrogens is 506 g/mol. The molecule has 0 saturated carbocycles. The van der Waals surface area contributed by atoms with Crippen molar-refractivity contribution in [2.75, 3.05) is 31.3 Å². The lowest BCUT2D eigenvalue weighted by molar-refractivity contribution is -0.115. The standard InChI is InChI=1S/C22H23N7O5S2/c1-36(32,33)29-8-5-16(13-29)20(31)24-12-19(30)26-21-25-18(14-35-21)15-3-2-4-17(11-15)22(27-28-23)6-9-34-10-7-22/h2-5,8,11,13-14H,6-7,9-10,12H2,1H3,(H,24,31)(H,25,26,30). The minimum atomic E-state index is -3.50. The SMILES string of the molecule is CS(=O)(=O)n1ccc(C(=O)NCC(=O)Nc2nc(-c3cccc(C4(N=[N+]=[N-])CCOCC4)c3)cs2)c1. The third-order valence-electron chi connectivity index (χ3n) is 5.72. The van der Waals surface area contributed by atoms with Gasteiger partial charge in [0.15, 0.2) is 5.13 Å². The van der Waals surface area contributed by atoms with Crippen molar-refractivity contribution in [3.8, 4) is 11.3 Å². The molecule has 1 aliphatic heterocycles. The molecule has 36 heavy (non-hydrogen) atoms. The van der Waals surface area contributed by atoms with E-state index in [0.29, 0.717) is 36.9 Å². The largest absolute Gasteiger partial charge is 0.381 e. The summed E-state index contributed by atoms with van der Waals surface area (Å²) >= 11 is 1.23. The molecule has 188 valence electrons. The van der Waals surface area contributed by atoms with E-state index < -0.39 is 27.4 Å². The van der Waals surface area contributed by atoms with E-state index in [0.717, 1.165) is 21.4 Å². The number of rotatable bonds is 8. The summed E-state index contributed by atoms with van der Waals surface area (Å²) in [7, 11) is -3.50. The number of benzene rings is 1. The summed E-state index contributed by atoms with van der Waals surface area (Å²) in [5.74, 6) is -1.06. The molecular formula is C22H23N7O5S2. The number of nitrogens with zero attached hydrogens (tertiary/aromatic N) is 5. The first kappa shape index (κ1) is 25.4. The Morgan fingerprint density at radius 3 is 2.78 bits per heavy atom. The Labute approximate surface area is 211 Å². The zero-order valence-electron chi connectivity index (χ0n) is 19.2. The zero-order chi connectivity index (χ0) is 25.8. The van der Waals surface area contributed by atoms with E-state index in [1.807, 2.05) is 24.3 Å². The molecule has 2 N–H and O–H groups in total. The molecule has 1 saturated heterocycles. The van der Waals surface area contributed by atoms with Crippen molar-refractivity contribution >= 4 is 38.3 Å². The molecule has 2 aromatic heterocycles. The Hall–Kier alpha value is -3.71. The molecule has 14 heteroatoms. The number of thiazole rings is 1. The first-order valence-corrected chi connectivity index (χ1v) is 13.6. The van der Waals surface area contributed by atoms with Gasteiger partial charge in [0.2, 0.25) is 15.9 Å². The predicted octanol–water partition coefficient (Wildman–Crippen LogP) is 3.10. The van der Waals surface area contributed by atoms with Gasteiger partial charge in [0.25, 0.3) is 5.91 Å². The van der Waals surface area contributed by atoms with E-state index in [4.69, 9.17) is 10.3 Å². The van der Waals surface area contributed by atoms with Crippen molar-refractivity contribution in [3.63, 3.8) is 0 Å². The number of azide groups is 1. The van der Waals surface area contributed by atoms with Crippen molar-refractivity contribution in [1.82, 2.24) is 14.3 Å². The molecule has 1 fully saturated rings. The van der Waals surface area contributed by atoms with Crippen molar-refractivity contribution in [2.45, 2.75) is 18.4 Å². The van der Waals surface area contributed by atoms with Crippen LogP contribution in [0.5, 0.6) is 0 Å². The van der Waals surface area contributed by atoms with Crippen molar-refractivity contribution in [1.29, 1.82) is 0 Å². The lowest BCUT2D eigenvalue weighted by Crippen LogP contribution is -2.32. The molecule has 12 nitrogen and oxygen atoms in total. The van der Waals surface area contributed by atoms with Crippen LogP contribution < -0.4 is 10.6 Å². The maximum absolute atomic E-state index is 12.3. The number of aromatic nitrogens is 2. The maximum atomic E-state index is 12.3. The van der Waals surface area contributed by atoms with Gasteiger partial charge in [-0.3, -0.25) is 13.6 Å². The minimum Gasteiger partial charge on any atom is -0.381 e.